The minimum Gasteiger partial charge on any atom is -0.354 e. The Morgan fingerprint density at radius 3 is 2.52 bits per heavy atom. The van der Waals surface area contributed by atoms with Crippen LogP contribution in [0.3, 0.4) is 0 Å². The fraction of sp³-hybridized carbons (Fsp3) is 0.400. The maximum Gasteiger partial charge on any atom is 0.153 e. The molecule has 112 valence electrons. The monoisotopic (exact) mass is 305 g/mol. The third-order valence-electron chi connectivity index (χ3n) is 3.87. The van der Waals surface area contributed by atoms with Gasteiger partial charge in [-0.1, -0.05) is 24.3 Å². The van der Waals surface area contributed by atoms with E-state index in [1.165, 1.54) is 5.39 Å². The zero-order chi connectivity index (χ0) is 14.9. The molecular weight excluding hydrogens is 286 g/mol. The van der Waals surface area contributed by atoms with Crippen molar-refractivity contribution in [1.82, 2.24) is 10.3 Å². The lowest BCUT2D eigenvalue weighted by molar-refractivity contribution is 0.586. The molecule has 1 aliphatic rings. The predicted molar refractivity (Wildman–Crippen MR) is 85.4 cm³/mol. The summed E-state index contributed by atoms with van der Waals surface area (Å²) in [6.07, 6.45) is 1.89. The van der Waals surface area contributed by atoms with Crippen LogP contribution in [0.2, 0.25) is 0 Å². The summed E-state index contributed by atoms with van der Waals surface area (Å²) in [7, 11) is -0.958. The molecule has 0 unspecified atom stereocenters. The molecule has 3 rings (SSSR count). The minimum absolute atomic E-state index is 0.210. The van der Waals surface area contributed by atoms with Crippen LogP contribution in [0.4, 0.5) is 5.82 Å². The fourth-order valence-corrected chi connectivity index (χ4v) is 3.95. The molecule has 5 nitrogen and oxygen atoms in total. The largest absolute Gasteiger partial charge is 0.354 e. The van der Waals surface area contributed by atoms with E-state index < -0.39 is 9.84 Å². The number of hydrogen-bond donors (Lipinski definition) is 1. The normalized spacial score (nSPS) is 18.0. The molecule has 0 amide bonds. The average Bonchev–Trinajstić information content (AvgIpc) is 2.48. The Kier molecular flexibility index (Phi) is 3.82. The van der Waals surface area contributed by atoms with Crippen molar-refractivity contribution in [3.63, 3.8) is 0 Å². The lowest BCUT2D eigenvalue weighted by Gasteiger charge is -2.29. The number of anilines is 1. The molecule has 0 atom stereocenters. The summed E-state index contributed by atoms with van der Waals surface area (Å²) in [5, 5.41) is 5.41. The number of rotatable bonds is 3. The number of sulfone groups is 1. The van der Waals surface area contributed by atoms with Crippen molar-refractivity contribution < 1.29 is 8.42 Å². The van der Waals surface area contributed by atoms with Crippen LogP contribution in [0.1, 0.15) is 5.56 Å². The summed E-state index contributed by atoms with van der Waals surface area (Å²) in [4.78, 5) is 6.66. The van der Waals surface area contributed by atoms with Gasteiger partial charge < -0.3 is 10.2 Å². The quantitative estimate of drug-likeness (QED) is 0.923. The van der Waals surface area contributed by atoms with Gasteiger partial charge >= 0.3 is 0 Å². The molecule has 0 radical (unpaired) electrons. The molecule has 2 heterocycles. The maximum absolute atomic E-state index is 11.6. The highest BCUT2D eigenvalue weighted by Gasteiger charge is 2.23. The van der Waals surface area contributed by atoms with E-state index in [1.807, 2.05) is 25.4 Å². The Bertz CT molecular complexity index is 745. The van der Waals surface area contributed by atoms with Crippen molar-refractivity contribution in [1.29, 1.82) is 0 Å². The highest BCUT2D eigenvalue weighted by Crippen LogP contribution is 2.28. The molecule has 1 N–H and O–H groups in total. The van der Waals surface area contributed by atoms with Crippen molar-refractivity contribution in [2.45, 2.75) is 6.54 Å². The Morgan fingerprint density at radius 1 is 1.19 bits per heavy atom. The van der Waals surface area contributed by atoms with E-state index in [9.17, 15) is 8.42 Å². The standard InChI is InChI=1S/C15H19N3O2S/c1-16-10-12-11-17-15(14-5-3-2-4-13(12)14)18-6-8-21(19,20)9-7-18/h2-5,11,16H,6-10H2,1H3. The summed E-state index contributed by atoms with van der Waals surface area (Å²) in [5.41, 5.74) is 1.15. The molecule has 0 bridgehead atoms. The molecular formula is C15H19N3O2S. The van der Waals surface area contributed by atoms with Gasteiger partial charge in [0.25, 0.3) is 0 Å². The first-order valence-electron chi connectivity index (χ1n) is 7.07. The van der Waals surface area contributed by atoms with Gasteiger partial charge in [0.15, 0.2) is 9.84 Å². The summed E-state index contributed by atoms with van der Waals surface area (Å²) < 4.78 is 23.1. The van der Waals surface area contributed by atoms with Gasteiger partial charge in [-0.15, -0.1) is 0 Å². The second-order valence-electron chi connectivity index (χ2n) is 5.32. The first-order valence-corrected chi connectivity index (χ1v) is 8.89. The second kappa shape index (κ2) is 5.61. The summed E-state index contributed by atoms with van der Waals surface area (Å²) >= 11 is 0. The van der Waals surface area contributed by atoms with E-state index in [4.69, 9.17) is 0 Å². The van der Waals surface area contributed by atoms with Gasteiger partial charge in [0, 0.05) is 31.2 Å². The van der Waals surface area contributed by atoms with Crippen molar-refractivity contribution in [2.24, 2.45) is 0 Å². The lowest BCUT2D eigenvalue weighted by atomic mass is 10.1. The molecule has 0 spiro atoms. The van der Waals surface area contributed by atoms with Crippen molar-refractivity contribution >= 4 is 26.4 Å². The van der Waals surface area contributed by atoms with Crippen LogP contribution in [0.5, 0.6) is 0 Å². The number of aromatic nitrogens is 1. The Morgan fingerprint density at radius 2 is 1.86 bits per heavy atom. The van der Waals surface area contributed by atoms with Crippen LogP contribution in [-0.2, 0) is 16.4 Å². The van der Waals surface area contributed by atoms with Crippen molar-refractivity contribution in [2.75, 3.05) is 36.5 Å². The van der Waals surface area contributed by atoms with E-state index in [-0.39, 0.29) is 11.5 Å². The third-order valence-corrected chi connectivity index (χ3v) is 5.48. The van der Waals surface area contributed by atoms with Gasteiger partial charge in [0.2, 0.25) is 0 Å². The molecule has 1 aliphatic heterocycles. The molecule has 0 saturated carbocycles. The number of fused-ring (bicyclic) bond motifs is 1. The molecule has 1 aromatic carbocycles. The molecule has 1 aromatic heterocycles. The van der Waals surface area contributed by atoms with E-state index in [2.05, 4.69) is 27.3 Å². The van der Waals surface area contributed by atoms with Crippen LogP contribution < -0.4 is 10.2 Å². The fourth-order valence-electron chi connectivity index (χ4n) is 2.74. The van der Waals surface area contributed by atoms with Crippen LogP contribution in [0.15, 0.2) is 30.5 Å². The summed E-state index contributed by atoms with van der Waals surface area (Å²) in [6, 6.07) is 8.16. The minimum atomic E-state index is -2.87. The van der Waals surface area contributed by atoms with Crippen LogP contribution in [0, 0.1) is 0 Å². The van der Waals surface area contributed by atoms with Gasteiger partial charge in [-0.25, -0.2) is 13.4 Å². The topological polar surface area (TPSA) is 62.3 Å². The molecule has 1 saturated heterocycles. The number of pyridine rings is 1. The van der Waals surface area contributed by atoms with Gasteiger partial charge in [0.1, 0.15) is 5.82 Å². The van der Waals surface area contributed by atoms with E-state index >= 15 is 0 Å². The summed E-state index contributed by atoms with van der Waals surface area (Å²) in [6.45, 7) is 1.80. The Hall–Kier alpha value is -1.66. The lowest BCUT2D eigenvalue weighted by Crippen LogP contribution is -2.40. The van der Waals surface area contributed by atoms with Crippen LogP contribution in [-0.4, -0.2) is 45.0 Å². The summed E-state index contributed by atoms with van der Waals surface area (Å²) in [5.74, 6) is 1.31. The van der Waals surface area contributed by atoms with Crippen molar-refractivity contribution in [3.05, 3.63) is 36.0 Å². The number of nitrogens with one attached hydrogen (secondary N) is 1. The van der Waals surface area contributed by atoms with Gasteiger partial charge in [-0.2, -0.15) is 0 Å². The molecule has 2 aromatic rings. The van der Waals surface area contributed by atoms with E-state index in [0.717, 1.165) is 23.3 Å². The maximum atomic E-state index is 11.6. The number of nitrogens with zero attached hydrogens (tertiary/aromatic N) is 2. The third kappa shape index (κ3) is 2.87. The Balaban J connectivity index is 2.02. The second-order valence-corrected chi connectivity index (χ2v) is 7.63. The predicted octanol–water partition coefficient (Wildman–Crippen LogP) is 1.19. The zero-order valence-corrected chi connectivity index (χ0v) is 12.9. The highest BCUT2D eigenvalue weighted by molar-refractivity contribution is 7.91. The first kappa shape index (κ1) is 14.3. The Labute approximate surface area is 124 Å². The molecule has 0 aliphatic carbocycles. The van der Waals surface area contributed by atoms with Gasteiger partial charge in [-0.05, 0) is 18.0 Å². The SMILES string of the molecule is CNCc1cnc(N2CCS(=O)(=O)CC2)c2ccccc12. The van der Waals surface area contributed by atoms with Crippen molar-refractivity contribution in [3.8, 4) is 0 Å². The highest BCUT2D eigenvalue weighted by atomic mass is 32.2. The van der Waals surface area contributed by atoms with Gasteiger partial charge in [-0.3, -0.25) is 0 Å². The number of benzene rings is 1. The average molecular weight is 305 g/mol. The molecule has 1 fully saturated rings. The van der Waals surface area contributed by atoms with Crippen LogP contribution >= 0.6 is 0 Å². The first-order chi connectivity index (χ1) is 10.1. The van der Waals surface area contributed by atoms with Gasteiger partial charge in [0.05, 0.1) is 11.5 Å². The molecule has 6 heteroatoms. The van der Waals surface area contributed by atoms with Crippen LogP contribution in [0.25, 0.3) is 10.8 Å². The zero-order valence-electron chi connectivity index (χ0n) is 12.0. The smallest absolute Gasteiger partial charge is 0.153 e. The molecule has 21 heavy (non-hydrogen) atoms. The number of hydrogen-bond acceptors (Lipinski definition) is 5. The van der Waals surface area contributed by atoms with E-state index in [0.29, 0.717) is 13.1 Å². The van der Waals surface area contributed by atoms with E-state index in [1.54, 1.807) is 0 Å².